The predicted octanol–water partition coefficient (Wildman–Crippen LogP) is 3.38. The minimum Gasteiger partial charge on any atom is -0.494 e. The van der Waals surface area contributed by atoms with Gasteiger partial charge in [-0.05, 0) is 31.2 Å². The van der Waals surface area contributed by atoms with Crippen LogP contribution in [0.2, 0.25) is 0 Å². The highest BCUT2D eigenvalue weighted by Gasteiger charge is 2.16. The zero-order valence-electron chi connectivity index (χ0n) is 17.2. The van der Waals surface area contributed by atoms with Crippen molar-refractivity contribution in [1.82, 2.24) is 19.5 Å². The van der Waals surface area contributed by atoms with E-state index in [4.69, 9.17) is 14.2 Å². The number of carbonyl (C=O) groups excluding carboxylic acids is 1. The van der Waals surface area contributed by atoms with Crippen LogP contribution in [0.1, 0.15) is 17.3 Å². The number of hydrogen-bond acceptors (Lipinski definition) is 8. The smallest absolute Gasteiger partial charge is 0.339 e. The summed E-state index contributed by atoms with van der Waals surface area (Å²) in [6.45, 7) is 2.00. The third-order valence-corrected chi connectivity index (χ3v) is 4.69. The van der Waals surface area contributed by atoms with E-state index in [1.54, 1.807) is 49.8 Å². The first-order chi connectivity index (χ1) is 15.0. The van der Waals surface area contributed by atoms with E-state index >= 15 is 0 Å². The second-order valence-electron chi connectivity index (χ2n) is 6.54. The molecule has 158 valence electrons. The molecule has 9 heteroatoms. The summed E-state index contributed by atoms with van der Waals surface area (Å²) in [4.78, 5) is 25.0. The molecule has 0 spiro atoms. The summed E-state index contributed by atoms with van der Waals surface area (Å²) in [7, 11) is 3.06. The minimum absolute atomic E-state index is 0.0118. The monoisotopic (exact) mass is 420 g/mol. The standard InChI is InChI=1S/C22H20N4O5/c1-4-31-22(28)14-7-15(11-23-9-14)26-12-18-16(21(26)27)5-6-17(25-18)13-8-19(29-2)20(30-3)24-10-13/h5-12,27H,4H2,1-3H3. The number of esters is 1. The maximum atomic E-state index is 12.0. The zero-order valence-corrected chi connectivity index (χ0v) is 17.2. The Labute approximate surface area is 177 Å². The Morgan fingerprint density at radius 3 is 2.71 bits per heavy atom. The van der Waals surface area contributed by atoms with Crippen molar-refractivity contribution >= 4 is 16.9 Å². The van der Waals surface area contributed by atoms with Crippen molar-refractivity contribution in [2.45, 2.75) is 6.92 Å². The molecule has 1 N–H and O–H groups in total. The Hall–Kier alpha value is -4.14. The zero-order chi connectivity index (χ0) is 22.0. The first-order valence-electron chi connectivity index (χ1n) is 9.47. The number of hydrogen-bond donors (Lipinski definition) is 1. The Kier molecular flexibility index (Phi) is 5.40. The van der Waals surface area contributed by atoms with E-state index in [9.17, 15) is 9.90 Å². The summed E-state index contributed by atoms with van der Waals surface area (Å²) < 4.78 is 17.0. The molecule has 0 fully saturated rings. The van der Waals surface area contributed by atoms with Crippen molar-refractivity contribution in [2.75, 3.05) is 20.8 Å². The van der Waals surface area contributed by atoms with Crippen molar-refractivity contribution in [2.24, 2.45) is 0 Å². The van der Waals surface area contributed by atoms with Crippen LogP contribution in [0.4, 0.5) is 0 Å². The lowest BCUT2D eigenvalue weighted by molar-refractivity contribution is 0.0526. The van der Waals surface area contributed by atoms with E-state index < -0.39 is 5.97 Å². The van der Waals surface area contributed by atoms with Crippen LogP contribution in [-0.2, 0) is 4.74 Å². The number of nitrogens with zero attached hydrogens (tertiary/aromatic N) is 4. The maximum Gasteiger partial charge on any atom is 0.339 e. The molecule has 0 unspecified atom stereocenters. The molecule has 0 atom stereocenters. The van der Waals surface area contributed by atoms with E-state index in [1.807, 2.05) is 0 Å². The van der Waals surface area contributed by atoms with Gasteiger partial charge in [0.05, 0.1) is 54.9 Å². The van der Waals surface area contributed by atoms with Crippen LogP contribution >= 0.6 is 0 Å². The molecule has 4 rings (SSSR count). The van der Waals surface area contributed by atoms with Gasteiger partial charge in [0.15, 0.2) is 5.75 Å². The van der Waals surface area contributed by atoms with Gasteiger partial charge in [0, 0.05) is 24.2 Å². The van der Waals surface area contributed by atoms with Crippen LogP contribution < -0.4 is 9.47 Å². The van der Waals surface area contributed by atoms with Crippen LogP contribution in [0.15, 0.2) is 49.1 Å². The molecule has 0 amide bonds. The van der Waals surface area contributed by atoms with Crippen LogP contribution in [0.5, 0.6) is 17.5 Å². The van der Waals surface area contributed by atoms with Gasteiger partial charge in [-0.15, -0.1) is 0 Å². The third kappa shape index (κ3) is 3.73. The van der Waals surface area contributed by atoms with Gasteiger partial charge < -0.3 is 19.3 Å². The van der Waals surface area contributed by atoms with Gasteiger partial charge in [-0.3, -0.25) is 9.55 Å². The van der Waals surface area contributed by atoms with Gasteiger partial charge >= 0.3 is 5.97 Å². The number of rotatable bonds is 6. The molecule has 0 aliphatic carbocycles. The summed E-state index contributed by atoms with van der Waals surface area (Å²) in [6.07, 6.45) is 6.27. The van der Waals surface area contributed by atoms with Crippen LogP contribution in [0.3, 0.4) is 0 Å². The summed E-state index contributed by atoms with van der Waals surface area (Å²) in [6, 6.07) is 6.93. The molecule has 0 saturated carbocycles. The molecule has 31 heavy (non-hydrogen) atoms. The summed E-state index contributed by atoms with van der Waals surface area (Å²) in [5.41, 5.74) is 2.75. The van der Waals surface area contributed by atoms with E-state index in [0.717, 1.165) is 5.56 Å². The van der Waals surface area contributed by atoms with E-state index in [-0.39, 0.29) is 12.5 Å². The highest BCUT2D eigenvalue weighted by molar-refractivity contribution is 5.90. The van der Waals surface area contributed by atoms with Crippen molar-refractivity contribution in [3.63, 3.8) is 0 Å². The normalized spacial score (nSPS) is 10.8. The predicted molar refractivity (Wildman–Crippen MR) is 113 cm³/mol. The van der Waals surface area contributed by atoms with Gasteiger partial charge in [0.2, 0.25) is 5.88 Å². The van der Waals surface area contributed by atoms with E-state index in [1.165, 1.54) is 25.0 Å². The highest BCUT2D eigenvalue weighted by atomic mass is 16.5. The van der Waals surface area contributed by atoms with Gasteiger partial charge in [0.1, 0.15) is 0 Å². The van der Waals surface area contributed by atoms with E-state index in [0.29, 0.717) is 39.5 Å². The molecular weight excluding hydrogens is 400 g/mol. The number of methoxy groups -OCH3 is 2. The lowest BCUT2D eigenvalue weighted by Gasteiger charge is -2.08. The van der Waals surface area contributed by atoms with Gasteiger partial charge in [-0.1, -0.05) is 0 Å². The fourth-order valence-corrected chi connectivity index (χ4v) is 3.19. The lowest BCUT2D eigenvalue weighted by atomic mass is 10.1. The molecular formula is C22H20N4O5. The molecule has 4 aromatic rings. The molecule has 4 aromatic heterocycles. The fraction of sp³-hybridized carbons (Fsp3) is 0.182. The van der Waals surface area contributed by atoms with Crippen molar-refractivity contribution in [1.29, 1.82) is 0 Å². The molecule has 0 aliphatic heterocycles. The Morgan fingerprint density at radius 1 is 1.13 bits per heavy atom. The van der Waals surface area contributed by atoms with Gasteiger partial charge in [-0.25, -0.2) is 14.8 Å². The highest BCUT2D eigenvalue weighted by Crippen LogP contribution is 2.33. The number of fused-ring (bicyclic) bond motifs is 1. The molecule has 4 heterocycles. The third-order valence-electron chi connectivity index (χ3n) is 4.69. The van der Waals surface area contributed by atoms with Crippen LogP contribution in [0.25, 0.3) is 27.8 Å². The molecule has 0 saturated heterocycles. The maximum absolute atomic E-state index is 12.0. The molecule has 0 bridgehead atoms. The molecule has 9 nitrogen and oxygen atoms in total. The van der Waals surface area contributed by atoms with Crippen molar-refractivity contribution in [3.8, 4) is 34.5 Å². The summed E-state index contributed by atoms with van der Waals surface area (Å²) in [5.74, 6) is 0.381. The first kappa shape index (κ1) is 20.1. The lowest BCUT2D eigenvalue weighted by Crippen LogP contribution is -2.06. The number of carbonyl (C=O) groups is 1. The van der Waals surface area contributed by atoms with Crippen LogP contribution in [0, 0.1) is 0 Å². The SMILES string of the molecule is CCOC(=O)c1cncc(-n2cc3nc(-c4cnc(OC)c(OC)c4)ccc3c2O)c1. The average Bonchev–Trinajstić information content (AvgIpc) is 3.14. The van der Waals surface area contributed by atoms with E-state index in [2.05, 4.69) is 15.0 Å². The average molecular weight is 420 g/mol. The second kappa shape index (κ2) is 8.31. The van der Waals surface area contributed by atoms with Crippen molar-refractivity contribution < 1.29 is 24.1 Å². The number of pyridine rings is 3. The Balaban J connectivity index is 1.75. The Bertz CT molecular complexity index is 1270. The molecule has 0 radical (unpaired) electrons. The second-order valence-corrected chi connectivity index (χ2v) is 6.54. The van der Waals surface area contributed by atoms with Gasteiger partial charge in [-0.2, -0.15) is 0 Å². The van der Waals surface area contributed by atoms with Crippen molar-refractivity contribution in [3.05, 3.63) is 54.6 Å². The Morgan fingerprint density at radius 2 is 1.97 bits per heavy atom. The number of aromatic hydroxyl groups is 1. The largest absolute Gasteiger partial charge is 0.494 e. The first-order valence-corrected chi connectivity index (χ1v) is 9.47. The van der Waals surface area contributed by atoms with Crippen LogP contribution in [-0.4, -0.2) is 51.4 Å². The topological polar surface area (TPSA) is 109 Å². The number of aromatic nitrogens is 4. The summed E-state index contributed by atoms with van der Waals surface area (Å²) >= 11 is 0. The molecule has 0 aromatic carbocycles. The molecule has 0 aliphatic rings. The quantitative estimate of drug-likeness (QED) is 0.473. The number of ether oxygens (including phenoxy) is 3. The summed E-state index contributed by atoms with van der Waals surface area (Å²) in [5, 5.41) is 11.3. The fourth-order valence-electron chi connectivity index (χ4n) is 3.19. The van der Waals surface area contributed by atoms with Gasteiger partial charge in [0.25, 0.3) is 5.88 Å². The minimum atomic E-state index is -0.477.